The van der Waals surface area contributed by atoms with E-state index in [0.717, 1.165) is 23.0 Å². The van der Waals surface area contributed by atoms with Crippen LogP contribution in [0.3, 0.4) is 0 Å². The predicted octanol–water partition coefficient (Wildman–Crippen LogP) is 5.65. The highest BCUT2D eigenvalue weighted by Gasteiger charge is 2.54. The summed E-state index contributed by atoms with van der Waals surface area (Å²) >= 11 is 1.81. The summed E-state index contributed by atoms with van der Waals surface area (Å²) < 4.78 is 1.37. The maximum absolute atomic E-state index is 4.84. The number of halogens is 2. The first-order chi connectivity index (χ1) is 12.8. The van der Waals surface area contributed by atoms with Crippen molar-refractivity contribution in [2.45, 2.75) is 62.8 Å². The normalized spacial score (nSPS) is 31.3. The number of fused-ring (bicyclic) bond motifs is 2. The molecule has 2 bridgehead atoms. The van der Waals surface area contributed by atoms with E-state index in [1.54, 1.807) is 11.1 Å². The second-order valence-corrected chi connectivity index (χ2v) is 10.2. The number of nitrogens with one attached hydrogen (secondary N) is 1. The molecule has 6 heteroatoms. The summed E-state index contributed by atoms with van der Waals surface area (Å²) in [5.41, 5.74) is 5.00. The highest BCUT2D eigenvalue weighted by Crippen LogP contribution is 2.56. The van der Waals surface area contributed by atoms with Crippen molar-refractivity contribution < 1.29 is 0 Å². The fraction of sp³-hybridized carbons (Fsp3) is 0.682. The van der Waals surface area contributed by atoms with Gasteiger partial charge in [-0.3, -0.25) is 4.90 Å². The van der Waals surface area contributed by atoms with Crippen LogP contribution >= 0.6 is 36.2 Å². The number of anilines is 1. The molecule has 1 aromatic heterocycles. The maximum Gasteiger partial charge on any atom is 0.183 e. The van der Waals surface area contributed by atoms with Gasteiger partial charge < -0.3 is 5.32 Å². The highest BCUT2D eigenvalue weighted by atomic mass is 35.5. The van der Waals surface area contributed by atoms with Gasteiger partial charge in [-0.15, -0.1) is 24.8 Å². The molecule has 3 fully saturated rings. The molecule has 2 saturated carbocycles. The van der Waals surface area contributed by atoms with Crippen molar-refractivity contribution in [3.63, 3.8) is 0 Å². The predicted molar refractivity (Wildman–Crippen MR) is 124 cm³/mol. The first kappa shape index (κ1) is 20.7. The van der Waals surface area contributed by atoms with Gasteiger partial charge in [0.05, 0.1) is 10.2 Å². The number of rotatable bonds is 3. The van der Waals surface area contributed by atoms with E-state index >= 15 is 0 Å². The van der Waals surface area contributed by atoms with Gasteiger partial charge in [0.1, 0.15) is 0 Å². The maximum atomic E-state index is 4.84. The van der Waals surface area contributed by atoms with Crippen molar-refractivity contribution in [2.75, 3.05) is 25.5 Å². The standard InChI is InChI=1S/C22H29N3S.2ClH/c1-23-21-24-18-12-17-15(11-20(18)26-21)10-19-16-4-2-3-7-22(16,17)8-9-25(19)13-14-5-6-14;;/h11-12,14,16,19H,2-10,13H2,1H3,(H,23,24);2*1H/t16-,19+,22+;;/m0../s1. The zero-order valence-electron chi connectivity index (χ0n) is 16.6. The van der Waals surface area contributed by atoms with E-state index in [0.29, 0.717) is 5.41 Å². The highest BCUT2D eigenvalue weighted by molar-refractivity contribution is 7.22. The van der Waals surface area contributed by atoms with Gasteiger partial charge in [0.2, 0.25) is 0 Å². The number of hydrogen-bond donors (Lipinski definition) is 1. The van der Waals surface area contributed by atoms with Crippen LogP contribution in [0.2, 0.25) is 0 Å². The van der Waals surface area contributed by atoms with Crippen molar-refractivity contribution in [3.8, 4) is 0 Å². The summed E-state index contributed by atoms with van der Waals surface area (Å²) in [4.78, 5) is 7.75. The van der Waals surface area contributed by atoms with Gasteiger partial charge in [-0.2, -0.15) is 0 Å². The Balaban J connectivity index is 0.000000961. The molecule has 28 heavy (non-hydrogen) atoms. The Hall–Kier alpha value is -0.550. The van der Waals surface area contributed by atoms with E-state index in [1.807, 2.05) is 18.4 Å². The lowest BCUT2D eigenvalue weighted by atomic mass is 9.52. The molecule has 6 rings (SSSR count). The molecule has 1 aliphatic heterocycles. The van der Waals surface area contributed by atoms with Crippen molar-refractivity contribution >= 4 is 51.5 Å². The number of likely N-dealkylation sites (tertiary alicyclic amines) is 1. The van der Waals surface area contributed by atoms with Gasteiger partial charge >= 0.3 is 0 Å². The van der Waals surface area contributed by atoms with Crippen LogP contribution in [0.4, 0.5) is 5.13 Å². The molecular weight excluding hydrogens is 409 g/mol. The lowest BCUT2D eigenvalue weighted by Gasteiger charge is -2.59. The van der Waals surface area contributed by atoms with Gasteiger partial charge in [0, 0.05) is 25.0 Å². The molecule has 4 aliphatic rings. The number of benzene rings is 1. The molecule has 3 atom stereocenters. The quantitative estimate of drug-likeness (QED) is 0.669. The molecule has 3 aliphatic carbocycles. The lowest BCUT2D eigenvalue weighted by molar-refractivity contribution is -0.0132. The lowest BCUT2D eigenvalue weighted by Crippen LogP contribution is -2.61. The Kier molecular flexibility index (Phi) is 5.63. The fourth-order valence-electron chi connectivity index (χ4n) is 6.48. The van der Waals surface area contributed by atoms with Crippen LogP contribution in [0.5, 0.6) is 0 Å². The number of nitrogens with zero attached hydrogens (tertiary/aromatic N) is 2. The molecule has 1 aromatic carbocycles. The van der Waals surface area contributed by atoms with E-state index in [4.69, 9.17) is 4.98 Å². The van der Waals surface area contributed by atoms with Crippen LogP contribution < -0.4 is 5.32 Å². The molecule has 0 amide bonds. The molecule has 0 unspecified atom stereocenters. The van der Waals surface area contributed by atoms with Crippen LogP contribution in [0.1, 0.15) is 56.1 Å². The molecule has 1 saturated heterocycles. The Bertz CT molecular complexity index is 865. The van der Waals surface area contributed by atoms with Crippen LogP contribution in [-0.4, -0.2) is 36.1 Å². The van der Waals surface area contributed by atoms with E-state index in [1.165, 1.54) is 74.7 Å². The van der Waals surface area contributed by atoms with Crippen LogP contribution in [0.15, 0.2) is 12.1 Å². The Morgan fingerprint density at radius 1 is 1.18 bits per heavy atom. The SMILES string of the molecule is CNc1nc2cc3c(cc2s1)C[C@@H]1[C@@H]2CCCC[C@]32CCN1CC1CC1.Cl.Cl. The number of thiazole rings is 1. The van der Waals surface area contributed by atoms with Gasteiger partial charge in [-0.25, -0.2) is 4.98 Å². The van der Waals surface area contributed by atoms with Crippen LogP contribution in [0, 0.1) is 11.8 Å². The molecule has 2 heterocycles. The summed E-state index contributed by atoms with van der Waals surface area (Å²) in [5, 5.41) is 4.30. The van der Waals surface area contributed by atoms with Gasteiger partial charge in [-0.05, 0) is 80.2 Å². The molecular formula is C22H31Cl2N3S. The average Bonchev–Trinajstić information content (AvgIpc) is 3.39. The van der Waals surface area contributed by atoms with E-state index < -0.39 is 0 Å². The zero-order valence-corrected chi connectivity index (χ0v) is 19.0. The number of aromatic nitrogens is 1. The minimum atomic E-state index is 0. The van der Waals surface area contributed by atoms with Crippen molar-refractivity contribution in [2.24, 2.45) is 11.8 Å². The van der Waals surface area contributed by atoms with Gasteiger partial charge in [0.15, 0.2) is 5.13 Å². The molecule has 0 radical (unpaired) electrons. The third-order valence-electron chi connectivity index (χ3n) is 7.86. The van der Waals surface area contributed by atoms with Crippen LogP contribution in [-0.2, 0) is 11.8 Å². The average molecular weight is 440 g/mol. The first-order valence-corrected chi connectivity index (χ1v) is 11.4. The van der Waals surface area contributed by atoms with Crippen molar-refractivity contribution in [1.82, 2.24) is 9.88 Å². The molecule has 3 nitrogen and oxygen atoms in total. The third kappa shape index (κ3) is 3.07. The zero-order chi connectivity index (χ0) is 17.3. The summed E-state index contributed by atoms with van der Waals surface area (Å²) in [5.74, 6) is 1.89. The Labute approximate surface area is 184 Å². The minimum absolute atomic E-state index is 0. The summed E-state index contributed by atoms with van der Waals surface area (Å²) in [6.07, 6.45) is 11.3. The minimum Gasteiger partial charge on any atom is -0.365 e. The van der Waals surface area contributed by atoms with E-state index in [-0.39, 0.29) is 24.8 Å². The summed E-state index contributed by atoms with van der Waals surface area (Å²) in [6.45, 7) is 2.70. The summed E-state index contributed by atoms with van der Waals surface area (Å²) in [7, 11) is 1.98. The number of piperidine rings is 1. The molecule has 1 N–H and O–H groups in total. The van der Waals surface area contributed by atoms with Gasteiger partial charge in [0.25, 0.3) is 0 Å². The smallest absolute Gasteiger partial charge is 0.183 e. The second kappa shape index (κ2) is 7.61. The molecule has 0 spiro atoms. The fourth-order valence-corrected chi connectivity index (χ4v) is 7.35. The van der Waals surface area contributed by atoms with Gasteiger partial charge in [-0.1, -0.05) is 24.2 Å². The molecule has 2 aromatic rings. The largest absolute Gasteiger partial charge is 0.365 e. The van der Waals surface area contributed by atoms with Crippen molar-refractivity contribution in [3.05, 3.63) is 23.3 Å². The second-order valence-electron chi connectivity index (χ2n) is 9.21. The topological polar surface area (TPSA) is 28.2 Å². The Morgan fingerprint density at radius 2 is 2.04 bits per heavy atom. The molecule has 154 valence electrons. The van der Waals surface area contributed by atoms with Crippen LogP contribution in [0.25, 0.3) is 10.2 Å². The first-order valence-electron chi connectivity index (χ1n) is 10.6. The number of hydrogen-bond acceptors (Lipinski definition) is 4. The third-order valence-corrected chi connectivity index (χ3v) is 8.89. The van der Waals surface area contributed by atoms with E-state index in [9.17, 15) is 0 Å². The van der Waals surface area contributed by atoms with E-state index in [2.05, 4.69) is 22.3 Å². The Morgan fingerprint density at radius 3 is 2.82 bits per heavy atom. The summed E-state index contributed by atoms with van der Waals surface area (Å²) in [6, 6.07) is 5.79. The monoisotopic (exact) mass is 439 g/mol. The van der Waals surface area contributed by atoms with Crippen molar-refractivity contribution in [1.29, 1.82) is 0 Å².